The van der Waals surface area contributed by atoms with Crippen LogP contribution in [0.3, 0.4) is 0 Å². The van der Waals surface area contributed by atoms with Crippen molar-refractivity contribution in [3.8, 4) is 11.1 Å². The van der Waals surface area contributed by atoms with Crippen LogP contribution in [-0.4, -0.2) is 141 Å². The standard InChI is InChI=1S/C29H24F2N2O4S.C29H30N4O4S.C26H22FN3O4S.C23H17BrF2N2O3S/c1-19-14-22(32-37-19)16-27(34)28(15-20-8-2-5-11-24(20)30)38(35,36)29-18-33(26-13-7-4-10-23(26)29)17-21-9-3-6-12-25(21)31;1-20(2)15-33-17-24(14-30-33)23-8-6-7-22(12-23)16-32-18-29(27-9-4-5-10-28(27)32)38(35,36)19-26(34)13-25-11-21(3)37-31-25;1-17-10-21(29-34-17)12-22(31)16-35(32,33)26-15-30(25-5-3-2-4-23(25)26)14-20-11-18(6-7-24(20)27)19-8-9-28-13-19;24-17-5-1-3-16(7-17)12-28-13-22(23-20(26)9-18(25)10-21(23)28)32(30,31)14-19(29)8-15-4-2-6-27-11-15/h2-14,18,28H,15-17H2,1H3;4-12,14,17-18,20H,13,15-16,19H2,1-3H3;2-8,10-11,13,15H,9,12,14,16H2,1H3;1-7,9-11,13H,8,12,14H2. The van der Waals surface area contributed by atoms with E-state index in [1.807, 2.05) is 76.2 Å². The van der Waals surface area contributed by atoms with Crippen LogP contribution in [0.2, 0.25) is 0 Å². The Morgan fingerprint density at radius 1 is 0.420 bits per heavy atom. The maximum absolute atomic E-state index is 14.7. The van der Waals surface area contributed by atoms with Crippen molar-refractivity contribution in [3.63, 3.8) is 0 Å². The number of rotatable bonds is 34. The number of hydrogen-bond donors (Lipinski definition) is 0. The Bertz CT molecular complexity index is 8430. The number of allylic oxidation sites excluding steroid dienone is 1. The van der Waals surface area contributed by atoms with Gasteiger partial charge >= 0.3 is 0 Å². The van der Waals surface area contributed by atoms with Crippen molar-refractivity contribution in [1.29, 1.82) is 0 Å². The van der Waals surface area contributed by atoms with E-state index in [1.54, 1.807) is 182 Å². The molecule has 9 aromatic heterocycles. The molecule has 19 rings (SSSR count). The van der Waals surface area contributed by atoms with Crippen molar-refractivity contribution < 1.29 is 88.4 Å². The lowest BCUT2D eigenvalue weighted by atomic mass is 10.0. The quantitative estimate of drug-likeness (QED) is 0.0338. The number of carbonyl (C=O) groups is 4. The normalized spacial score (nSPS) is 12.5. The molecule has 143 heavy (non-hydrogen) atoms. The second-order valence-electron chi connectivity index (χ2n) is 35.1. The second kappa shape index (κ2) is 43.7. The van der Waals surface area contributed by atoms with E-state index in [0.29, 0.717) is 103 Å². The zero-order chi connectivity index (χ0) is 101. The molecule has 0 spiro atoms. The number of sulfone groups is 4. The number of benzene rings is 9. The third kappa shape index (κ3) is 24.5. The molecule has 732 valence electrons. The number of ketones is 4. The summed E-state index contributed by atoms with van der Waals surface area (Å²) in [5.41, 5.74) is 10.4. The molecule has 0 N–H and O–H groups in total. The molecule has 0 radical (unpaired) electrons. The van der Waals surface area contributed by atoms with Gasteiger partial charge in [-0.25, -0.2) is 55.6 Å². The van der Waals surface area contributed by atoms with Gasteiger partial charge < -0.3 is 31.8 Å². The average molecular weight is 2080 g/mol. The van der Waals surface area contributed by atoms with E-state index in [9.17, 15) is 74.8 Å². The molecule has 9 aromatic carbocycles. The molecular weight excluding hydrogens is 1980 g/mol. The Balaban J connectivity index is 0.000000137. The van der Waals surface area contributed by atoms with Crippen molar-refractivity contribution in [3.05, 3.63) is 393 Å². The first kappa shape index (κ1) is 101. The van der Waals surface area contributed by atoms with Crippen LogP contribution in [0.4, 0.5) is 22.0 Å². The van der Waals surface area contributed by atoms with Gasteiger partial charge in [0.15, 0.2) is 62.5 Å². The van der Waals surface area contributed by atoms with Crippen molar-refractivity contribution in [2.75, 3.05) is 23.8 Å². The minimum Gasteiger partial charge on any atom is -0.361 e. The molecule has 18 aromatic rings. The number of fused-ring (bicyclic) bond motifs is 4. The highest BCUT2D eigenvalue weighted by Crippen LogP contribution is 2.37. The van der Waals surface area contributed by atoms with Crippen molar-refractivity contribution in [2.24, 2.45) is 10.9 Å². The summed E-state index contributed by atoms with van der Waals surface area (Å²) < 4.78 is 205. The van der Waals surface area contributed by atoms with E-state index >= 15 is 0 Å². The summed E-state index contributed by atoms with van der Waals surface area (Å²) in [5, 5.41) is 15.5. The van der Waals surface area contributed by atoms with Gasteiger partial charge in [-0.2, -0.15) is 5.10 Å². The molecule has 0 saturated carbocycles. The number of aliphatic imine (C=N–C) groups is 1. The zero-order valence-electron chi connectivity index (χ0n) is 77.7. The first-order chi connectivity index (χ1) is 68.4. The van der Waals surface area contributed by atoms with Crippen LogP contribution in [0.5, 0.6) is 0 Å². The van der Waals surface area contributed by atoms with Gasteiger partial charge in [-0.15, -0.1) is 0 Å². The monoisotopic (exact) mass is 2070 g/mol. The molecule has 26 nitrogen and oxygen atoms in total. The minimum atomic E-state index is -4.33. The van der Waals surface area contributed by atoms with Gasteiger partial charge in [0.25, 0.3) is 0 Å². The number of aromatic nitrogens is 10. The number of aryl methyl sites for hydroxylation is 3. The SMILES string of the molecule is Cc1cc(CC(=O)C(Cc2ccccc2F)S(=O)(=O)c2cn(Cc3ccccc3F)c3ccccc23)no1.Cc1cc(CC(=O)CS(=O)(=O)c2cn(Cc3cc(C4=CCN=C4)ccc3F)c3ccccc23)no1.Cc1cc(CC(=O)CS(=O)(=O)c2cn(Cc3cccc(-c4cnn(CC(C)C)c4)c3)c3ccccc23)no1.O=C(Cc1cccnc1)CS(=O)(=O)c1cn(Cc2cccc(Br)c2)c2cc(F)cc(F)c12. The van der Waals surface area contributed by atoms with Gasteiger partial charge in [-0.05, 0) is 145 Å². The smallest absolute Gasteiger partial charge is 0.190 e. The van der Waals surface area contributed by atoms with Crippen LogP contribution in [0, 0.1) is 55.8 Å². The lowest BCUT2D eigenvalue weighted by molar-refractivity contribution is -0.118. The summed E-state index contributed by atoms with van der Waals surface area (Å²) in [6.45, 7) is 11.8. The van der Waals surface area contributed by atoms with Crippen LogP contribution in [0.15, 0.2) is 329 Å². The summed E-state index contributed by atoms with van der Waals surface area (Å²) in [6.07, 6.45) is 15.5. The van der Waals surface area contributed by atoms with E-state index in [2.05, 4.69) is 66.4 Å². The minimum absolute atomic E-state index is 0.0416. The summed E-state index contributed by atoms with van der Waals surface area (Å²) in [7, 11) is -16.3. The predicted octanol–water partition coefficient (Wildman–Crippen LogP) is 19.4. The fourth-order valence-electron chi connectivity index (χ4n) is 17.1. The first-order valence-corrected chi connectivity index (χ1v) is 52.4. The Hall–Kier alpha value is -14.9. The van der Waals surface area contributed by atoms with Gasteiger partial charge in [-0.1, -0.05) is 185 Å². The maximum Gasteiger partial charge on any atom is 0.190 e. The lowest BCUT2D eigenvalue weighted by Crippen LogP contribution is -2.34. The van der Waals surface area contributed by atoms with Gasteiger partial charge in [0.2, 0.25) is 0 Å². The summed E-state index contributed by atoms with van der Waals surface area (Å²) in [4.78, 5) is 58.9. The Morgan fingerprint density at radius 2 is 0.902 bits per heavy atom. The second-order valence-corrected chi connectivity index (χ2v) is 44.0. The molecular formula is C107H93BrF5N11O15S4. The number of nitrogens with zero attached hydrogens (tertiary/aromatic N) is 11. The molecule has 1 aliphatic rings. The van der Waals surface area contributed by atoms with E-state index in [1.165, 1.54) is 59.7 Å². The fourth-order valence-corrected chi connectivity index (χ4v) is 23.8. The number of para-hydroxylation sites is 3. The average Bonchev–Trinajstić information content (AvgIpc) is 1.59. The molecule has 1 aliphatic heterocycles. The highest BCUT2D eigenvalue weighted by molar-refractivity contribution is 9.10. The molecule has 0 aliphatic carbocycles. The molecule has 0 amide bonds. The van der Waals surface area contributed by atoms with Gasteiger partial charge in [0.05, 0.1) is 92.7 Å². The molecule has 0 bridgehead atoms. The first-order valence-electron chi connectivity index (χ1n) is 45.1. The molecule has 36 heteroatoms. The van der Waals surface area contributed by atoms with E-state index < -0.39 is 108 Å². The number of hydrogen-bond acceptors (Lipinski definition) is 21. The molecule has 1 atom stereocenters. The van der Waals surface area contributed by atoms with Gasteiger partial charge in [-0.3, -0.25) is 33.8 Å². The Kier molecular flexibility index (Phi) is 30.9. The highest BCUT2D eigenvalue weighted by atomic mass is 79.9. The molecule has 10 heterocycles. The van der Waals surface area contributed by atoms with Crippen molar-refractivity contribution >= 4 is 134 Å². The number of pyridine rings is 1. The van der Waals surface area contributed by atoms with Crippen molar-refractivity contribution in [2.45, 2.75) is 124 Å². The summed E-state index contributed by atoms with van der Waals surface area (Å²) in [5.74, 6) is -5.25. The number of Topliss-reactive ketones (excluding diaryl/α,β-unsaturated/α-hetero) is 4. The fraction of sp³-hybridized carbons (Fsp3) is 0.196. The molecule has 1 unspecified atom stereocenters. The summed E-state index contributed by atoms with van der Waals surface area (Å²) in [6, 6.07) is 63.4. The molecule has 0 fully saturated rings. The van der Waals surface area contributed by atoms with E-state index in [0.717, 1.165) is 56.0 Å². The predicted molar refractivity (Wildman–Crippen MR) is 535 cm³/mol. The lowest BCUT2D eigenvalue weighted by Gasteiger charge is -2.17. The molecule has 0 saturated heterocycles. The zero-order valence-corrected chi connectivity index (χ0v) is 82.6. The van der Waals surface area contributed by atoms with Gasteiger partial charge in [0, 0.05) is 154 Å². The van der Waals surface area contributed by atoms with Gasteiger partial charge in [0.1, 0.15) is 68.9 Å². The van der Waals surface area contributed by atoms with Crippen molar-refractivity contribution in [1.82, 2.24) is 48.5 Å². The largest absolute Gasteiger partial charge is 0.361 e. The number of halogens is 6. The topological polar surface area (TPSA) is 346 Å². The third-order valence-electron chi connectivity index (χ3n) is 23.6. The van der Waals surface area contributed by atoms with Crippen LogP contribution >= 0.6 is 15.9 Å². The highest BCUT2D eigenvalue weighted by Gasteiger charge is 2.38. The van der Waals surface area contributed by atoms with Crippen LogP contribution in [0.1, 0.15) is 87.2 Å². The van der Waals surface area contributed by atoms with Crippen LogP contribution < -0.4 is 0 Å². The maximum atomic E-state index is 14.7. The van der Waals surface area contributed by atoms with E-state index in [-0.39, 0.29) is 93.6 Å². The number of carbonyl (C=O) groups excluding carboxylic acids is 4. The Morgan fingerprint density at radius 3 is 1.44 bits per heavy atom. The Labute approximate surface area is 828 Å². The van der Waals surface area contributed by atoms with Crippen LogP contribution in [0.25, 0.3) is 60.3 Å². The summed E-state index contributed by atoms with van der Waals surface area (Å²) >= 11 is 3.37. The van der Waals surface area contributed by atoms with E-state index in [4.69, 9.17) is 13.6 Å². The van der Waals surface area contributed by atoms with Crippen LogP contribution in [-0.2, 0) is 123 Å². The third-order valence-corrected chi connectivity index (χ3v) is 31.2.